The van der Waals surface area contributed by atoms with Crippen LogP contribution in [-0.2, 0) is 14.4 Å². The summed E-state index contributed by atoms with van der Waals surface area (Å²) in [5.41, 5.74) is 5.34. The largest absolute Gasteiger partial charge is 0.481 e. The van der Waals surface area contributed by atoms with Crippen LogP contribution in [0.3, 0.4) is 0 Å². The van der Waals surface area contributed by atoms with Gasteiger partial charge in [0, 0.05) is 12.2 Å². The van der Waals surface area contributed by atoms with Gasteiger partial charge in [-0.1, -0.05) is 0 Å². The molecular formula is C8H15N3O5S. The number of thioether (sulfide) groups is 1. The van der Waals surface area contributed by atoms with Crippen LogP contribution in [-0.4, -0.2) is 50.6 Å². The molecule has 0 bridgehead atoms. The Morgan fingerprint density at radius 2 is 2.18 bits per heavy atom. The Morgan fingerprint density at radius 3 is 2.71 bits per heavy atom. The molecule has 0 saturated carbocycles. The van der Waals surface area contributed by atoms with Crippen LogP contribution in [0.4, 0.5) is 0 Å². The number of nitrogens with zero attached hydrogens (tertiary/aromatic N) is 1. The molecule has 3 atom stereocenters. The molecule has 6 N–H and O–H groups in total. The Labute approximate surface area is 102 Å². The Bertz CT molecular complexity index is 303. The first-order valence-corrected chi connectivity index (χ1v) is 5.97. The monoisotopic (exact) mass is 265 g/mol. The van der Waals surface area contributed by atoms with E-state index in [1.54, 1.807) is 0 Å². The third kappa shape index (κ3) is 4.48. The molecule has 0 aliphatic carbocycles. The van der Waals surface area contributed by atoms with Gasteiger partial charge in [-0.2, -0.15) is 0 Å². The summed E-state index contributed by atoms with van der Waals surface area (Å²) in [6.07, 6.45) is -0.175. The molecule has 1 rings (SSSR count). The molecule has 0 aromatic carbocycles. The van der Waals surface area contributed by atoms with Crippen LogP contribution in [0.25, 0.3) is 0 Å². The number of carbonyl (C=O) groups is 2. The molecule has 17 heavy (non-hydrogen) atoms. The van der Waals surface area contributed by atoms with Gasteiger partial charge in [0.1, 0.15) is 6.04 Å². The van der Waals surface area contributed by atoms with Crippen LogP contribution in [0.2, 0.25) is 0 Å². The lowest BCUT2D eigenvalue weighted by Gasteiger charge is -2.16. The zero-order valence-corrected chi connectivity index (χ0v) is 9.80. The summed E-state index contributed by atoms with van der Waals surface area (Å²) in [6, 6.07) is -0.966. The fourth-order valence-corrected chi connectivity index (χ4v) is 2.47. The van der Waals surface area contributed by atoms with Gasteiger partial charge in [0.05, 0.1) is 17.9 Å². The minimum absolute atomic E-state index is 0.129. The molecule has 8 nitrogen and oxygen atoms in total. The van der Waals surface area contributed by atoms with Crippen molar-refractivity contribution < 1.29 is 24.6 Å². The minimum atomic E-state index is -1.08. The molecule has 1 aliphatic heterocycles. The summed E-state index contributed by atoms with van der Waals surface area (Å²) in [5, 5.41) is 18.0. The number of hydroxylamine groups is 1. The topological polar surface area (TPSA) is 139 Å². The fraction of sp³-hybridized carbons (Fsp3) is 0.750. The number of hydrogen-bond donors (Lipinski definition) is 4. The fourth-order valence-electron chi connectivity index (χ4n) is 1.35. The smallest absolute Gasteiger partial charge is 0.321 e. The zero-order valence-electron chi connectivity index (χ0n) is 8.98. The predicted molar refractivity (Wildman–Crippen MR) is 59.6 cm³/mol. The van der Waals surface area contributed by atoms with Crippen LogP contribution < -0.4 is 11.6 Å². The van der Waals surface area contributed by atoms with Crippen molar-refractivity contribution >= 4 is 23.7 Å². The second kappa shape index (κ2) is 6.17. The normalized spacial score (nSPS) is 26.9. The van der Waals surface area contributed by atoms with Crippen LogP contribution >= 0.6 is 11.8 Å². The highest BCUT2D eigenvalue weighted by Crippen LogP contribution is 2.28. The first-order valence-electron chi connectivity index (χ1n) is 4.92. The lowest BCUT2D eigenvalue weighted by molar-refractivity contribution is -0.164. The molecule has 2 unspecified atom stereocenters. The molecule has 0 aromatic rings. The third-order valence-corrected chi connectivity index (χ3v) is 3.54. The summed E-state index contributed by atoms with van der Waals surface area (Å²) in [7, 11) is 0. The first-order chi connectivity index (χ1) is 7.90. The van der Waals surface area contributed by atoms with Crippen molar-refractivity contribution in [1.82, 2.24) is 5.17 Å². The van der Waals surface area contributed by atoms with E-state index in [-0.39, 0.29) is 17.5 Å². The predicted octanol–water partition coefficient (Wildman–Crippen LogP) is -1.19. The van der Waals surface area contributed by atoms with Crippen molar-refractivity contribution in [2.75, 3.05) is 5.75 Å². The van der Waals surface area contributed by atoms with E-state index < -0.39 is 24.1 Å². The van der Waals surface area contributed by atoms with Crippen molar-refractivity contribution in [2.45, 2.75) is 30.4 Å². The van der Waals surface area contributed by atoms with Gasteiger partial charge in [0.25, 0.3) is 0 Å². The van der Waals surface area contributed by atoms with Crippen molar-refractivity contribution in [2.24, 2.45) is 11.6 Å². The van der Waals surface area contributed by atoms with E-state index in [0.717, 1.165) is 5.17 Å². The number of carboxylic acid groups (broad SMARTS) is 2. The molecule has 9 heteroatoms. The van der Waals surface area contributed by atoms with Crippen LogP contribution in [0, 0.1) is 0 Å². The first kappa shape index (κ1) is 14.2. The summed E-state index contributed by atoms with van der Waals surface area (Å²) < 4.78 is 0. The van der Waals surface area contributed by atoms with Crippen molar-refractivity contribution in [3.63, 3.8) is 0 Å². The number of aliphatic carboxylic acids is 2. The molecular weight excluding hydrogens is 250 g/mol. The van der Waals surface area contributed by atoms with Crippen molar-refractivity contribution in [3.05, 3.63) is 0 Å². The Kier molecular flexibility index (Phi) is 5.15. The molecule has 1 saturated heterocycles. The summed E-state index contributed by atoms with van der Waals surface area (Å²) in [4.78, 5) is 26.1. The van der Waals surface area contributed by atoms with Crippen LogP contribution in [0.15, 0.2) is 0 Å². The van der Waals surface area contributed by atoms with Gasteiger partial charge in [-0.25, -0.2) is 5.84 Å². The third-order valence-electron chi connectivity index (χ3n) is 2.21. The highest BCUT2D eigenvalue weighted by atomic mass is 32.2. The molecule has 1 fully saturated rings. The number of rotatable bonds is 6. The quantitative estimate of drug-likeness (QED) is 0.436. The number of hydrazine groups is 1. The average molecular weight is 265 g/mol. The summed E-state index contributed by atoms with van der Waals surface area (Å²) in [5.74, 6) is 3.66. The molecule has 1 heterocycles. The van der Waals surface area contributed by atoms with E-state index in [1.165, 1.54) is 11.8 Å². The van der Waals surface area contributed by atoms with Crippen molar-refractivity contribution in [3.8, 4) is 0 Å². The Hall–Kier alpha value is -0.870. The van der Waals surface area contributed by atoms with Gasteiger partial charge in [0.2, 0.25) is 0 Å². The minimum Gasteiger partial charge on any atom is -0.481 e. The molecule has 0 amide bonds. The van der Waals surface area contributed by atoms with E-state index in [2.05, 4.69) is 0 Å². The maximum atomic E-state index is 10.5. The Balaban J connectivity index is 2.35. The van der Waals surface area contributed by atoms with E-state index in [4.69, 9.17) is 26.6 Å². The van der Waals surface area contributed by atoms with Crippen molar-refractivity contribution in [1.29, 1.82) is 0 Å². The second-order valence-electron chi connectivity index (χ2n) is 3.65. The van der Waals surface area contributed by atoms with Gasteiger partial charge in [-0.05, 0) is 0 Å². The maximum Gasteiger partial charge on any atom is 0.321 e. The maximum absolute atomic E-state index is 10.5. The van der Waals surface area contributed by atoms with Gasteiger partial charge in [-0.3, -0.25) is 14.4 Å². The number of nitrogens with two attached hydrogens (primary N) is 2. The standard InChI is InChI=1S/C8H15N3O5S/c9-5(8(14)15)3-17-6-1-4(2-7(12)13)16-11(6)10/h4-6H,1-3,9-10H2,(H,12,13)(H,14,15)/t4?,5-,6?/m0/s1. The Morgan fingerprint density at radius 1 is 1.53 bits per heavy atom. The highest BCUT2D eigenvalue weighted by molar-refractivity contribution is 7.99. The lowest BCUT2D eigenvalue weighted by atomic mass is 10.2. The molecule has 0 aromatic heterocycles. The van der Waals surface area contributed by atoms with Gasteiger partial charge < -0.3 is 15.9 Å². The van der Waals surface area contributed by atoms with Crippen LogP contribution in [0.1, 0.15) is 12.8 Å². The second-order valence-corrected chi connectivity index (χ2v) is 4.86. The summed E-state index contributed by atoms with van der Waals surface area (Å²) >= 11 is 1.24. The summed E-state index contributed by atoms with van der Waals surface area (Å²) in [6.45, 7) is 0. The van der Waals surface area contributed by atoms with Gasteiger partial charge in [-0.15, -0.1) is 16.9 Å². The van der Waals surface area contributed by atoms with E-state index >= 15 is 0 Å². The van der Waals surface area contributed by atoms with Gasteiger partial charge >= 0.3 is 11.9 Å². The number of carboxylic acids is 2. The lowest BCUT2D eigenvalue weighted by Crippen LogP contribution is -2.37. The van der Waals surface area contributed by atoms with E-state index in [0.29, 0.717) is 6.42 Å². The van der Waals surface area contributed by atoms with Crippen LogP contribution in [0.5, 0.6) is 0 Å². The highest BCUT2D eigenvalue weighted by Gasteiger charge is 2.33. The SMILES string of the molecule is N[C@@H](CSC1CC(CC(=O)O)ON1N)C(=O)O. The zero-order chi connectivity index (χ0) is 13.0. The molecule has 0 spiro atoms. The molecule has 0 radical (unpaired) electrons. The van der Waals surface area contributed by atoms with E-state index in [9.17, 15) is 9.59 Å². The van der Waals surface area contributed by atoms with E-state index in [1.807, 2.05) is 0 Å². The number of hydrogen-bond acceptors (Lipinski definition) is 7. The average Bonchev–Trinajstić information content (AvgIpc) is 2.54. The molecule has 1 aliphatic rings. The molecule has 98 valence electrons. The van der Waals surface area contributed by atoms with Gasteiger partial charge in [0.15, 0.2) is 0 Å².